The summed E-state index contributed by atoms with van der Waals surface area (Å²) in [7, 11) is 1.98. The van der Waals surface area contributed by atoms with Gasteiger partial charge < -0.3 is 19.8 Å². The van der Waals surface area contributed by atoms with E-state index in [1.807, 2.05) is 30.3 Å². The Bertz CT molecular complexity index is 1470. The van der Waals surface area contributed by atoms with Crippen LogP contribution in [0.4, 0.5) is 14.5 Å². The highest BCUT2D eigenvalue weighted by atomic mass is 19.1. The molecule has 3 aromatic carbocycles. The number of hydrogen-bond donors (Lipinski definition) is 2. The molecule has 9 heteroatoms. The molecular formula is C32H34F2N3O4+. The van der Waals surface area contributed by atoms with E-state index in [0.717, 1.165) is 19.4 Å². The monoisotopic (exact) mass is 562 g/mol. The van der Waals surface area contributed by atoms with Gasteiger partial charge in [-0.2, -0.15) is 0 Å². The number of hydrogen-bond acceptors (Lipinski definition) is 4. The zero-order chi connectivity index (χ0) is 28.9. The van der Waals surface area contributed by atoms with Crippen molar-refractivity contribution < 1.29 is 33.1 Å². The number of anilines is 1. The normalized spacial score (nSPS) is 17.4. The summed E-state index contributed by atoms with van der Waals surface area (Å²) in [5.74, 6) is -0.965. The molecule has 1 aliphatic rings. The molecule has 3 atom stereocenters. The van der Waals surface area contributed by atoms with Crippen LogP contribution in [0.25, 0.3) is 0 Å². The van der Waals surface area contributed by atoms with Gasteiger partial charge in [-0.1, -0.05) is 12.1 Å². The second kappa shape index (κ2) is 12.5. The molecule has 214 valence electrons. The fourth-order valence-corrected chi connectivity index (χ4v) is 5.35. The predicted octanol–water partition coefficient (Wildman–Crippen LogP) is 5.37. The van der Waals surface area contributed by atoms with E-state index < -0.39 is 23.9 Å². The number of aromatic nitrogens is 2. The minimum Gasteiger partial charge on any atom is -0.507 e. The lowest BCUT2D eigenvalue weighted by atomic mass is 9.78. The number of imidazole rings is 1. The molecule has 7 nitrogen and oxygen atoms in total. The maximum atomic E-state index is 13.6. The van der Waals surface area contributed by atoms with Crippen molar-refractivity contribution in [2.24, 2.45) is 13.0 Å². The fraction of sp³-hybridized carbons (Fsp3) is 0.312. The number of phenolic OH excluding ortho intramolecular Hbond substituents is 1. The molecule has 0 radical (unpaired) electrons. The molecule has 1 fully saturated rings. The molecule has 1 aromatic heterocycles. The number of aliphatic hydroxyl groups excluding tert-OH is 1. The van der Waals surface area contributed by atoms with Gasteiger partial charge in [-0.3, -0.25) is 4.79 Å². The Kier molecular flexibility index (Phi) is 8.64. The molecule has 1 aliphatic heterocycles. The van der Waals surface area contributed by atoms with Crippen molar-refractivity contribution >= 4 is 11.6 Å². The van der Waals surface area contributed by atoms with Gasteiger partial charge in [-0.25, -0.2) is 17.9 Å². The van der Waals surface area contributed by atoms with E-state index >= 15 is 0 Å². The Hall–Kier alpha value is -4.24. The number of phenols is 1. The second-order valence-electron chi connectivity index (χ2n) is 10.5. The predicted molar refractivity (Wildman–Crippen MR) is 149 cm³/mol. The van der Waals surface area contributed by atoms with Gasteiger partial charge in [0.15, 0.2) is 0 Å². The van der Waals surface area contributed by atoms with Gasteiger partial charge >= 0.3 is 0 Å². The van der Waals surface area contributed by atoms with Crippen LogP contribution in [0.2, 0.25) is 0 Å². The highest BCUT2D eigenvalue weighted by Gasteiger charge is 2.49. The van der Waals surface area contributed by atoms with Crippen LogP contribution in [0.5, 0.6) is 11.5 Å². The number of amides is 1. The van der Waals surface area contributed by atoms with Crippen molar-refractivity contribution in [3.63, 3.8) is 0 Å². The summed E-state index contributed by atoms with van der Waals surface area (Å²) in [6.07, 6.45) is 7.58. The quantitative estimate of drug-likeness (QED) is 0.138. The zero-order valence-electron chi connectivity index (χ0n) is 22.9. The van der Waals surface area contributed by atoms with E-state index in [4.69, 9.17) is 4.74 Å². The Morgan fingerprint density at radius 1 is 1.00 bits per heavy atom. The van der Waals surface area contributed by atoms with Gasteiger partial charge in [0.05, 0.1) is 38.3 Å². The van der Waals surface area contributed by atoms with E-state index in [1.165, 1.54) is 48.5 Å². The highest BCUT2D eigenvalue weighted by Crippen LogP contribution is 2.49. The molecule has 4 aromatic rings. The lowest BCUT2D eigenvalue weighted by molar-refractivity contribution is -0.671. The number of benzene rings is 3. The van der Waals surface area contributed by atoms with E-state index in [1.54, 1.807) is 23.1 Å². The van der Waals surface area contributed by atoms with Crippen molar-refractivity contribution in [2.45, 2.75) is 44.4 Å². The molecule has 0 spiro atoms. The van der Waals surface area contributed by atoms with Crippen LogP contribution in [0, 0.1) is 17.6 Å². The number of aryl methyl sites for hydroxylation is 2. The highest BCUT2D eigenvalue weighted by molar-refractivity contribution is 6.03. The zero-order valence-corrected chi connectivity index (χ0v) is 22.9. The summed E-state index contributed by atoms with van der Waals surface area (Å²) >= 11 is 0. The molecular weight excluding hydrogens is 528 g/mol. The van der Waals surface area contributed by atoms with Gasteiger partial charge in [0.25, 0.3) is 0 Å². The number of aromatic hydroxyl groups is 1. The Balaban J connectivity index is 1.26. The van der Waals surface area contributed by atoms with Gasteiger partial charge in [-0.15, -0.1) is 0 Å². The molecule has 3 unspecified atom stereocenters. The number of carbonyl (C=O) groups is 1. The average molecular weight is 563 g/mol. The maximum Gasteiger partial charge on any atom is 0.243 e. The average Bonchev–Trinajstić information content (AvgIpc) is 3.38. The molecule has 2 heterocycles. The molecule has 0 aliphatic carbocycles. The summed E-state index contributed by atoms with van der Waals surface area (Å²) < 4.78 is 36.9. The molecule has 5 rings (SSSR count). The van der Waals surface area contributed by atoms with Crippen molar-refractivity contribution in [3.05, 3.63) is 108 Å². The Morgan fingerprint density at radius 2 is 1.71 bits per heavy atom. The van der Waals surface area contributed by atoms with Crippen molar-refractivity contribution in [1.29, 1.82) is 0 Å². The smallest absolute Gasteiger partial charge is 0.243 e. The third-order valence-corrected chi connectivity index (χ3v) is 7.55. The van der Waals surface area contributed by atoms with Gasteiger partial charge in [-0.05, 0) is 79.8 Å². The maximum absolute atomic E-state index is 13.6. The van der Waals surface area contributed by atoms with Crippen LogP contribution >= 0.6 is 0 Å². The number of carbonyl (C=O) groups excluding carboxylic acids is 1. The Morgan fingerprint density at radius 3 is 2.37 bits per heavy atom. The van der Waals surface area contributed by atoms with Crippen LogP contribution in [-0.2, 0) is 18.4 Å². The lowest BCUT2D eigenvalue weighted by Gasteiger charge is -2.48. The number of unbranched alkanes of at least 4 members (excludes halogenated alkanes) is 1. The van der Waals surface area contributed by atoms with E-state index in [2.05, 4.69) is 4.57 Å². The lowest BCUT2D eigenvalue weighted by Crippen LogP contribution is -2.55. The van der Waals surface area contributed by atoms with Crippen molar-refractivity contribution in [1.82, 2.24) is 4.57 Å². The largest absolute Gasteiger partial charge is 0.507 e. The third-order valence-electron chi connectivity index (χ3n) is 7.55. The van der Waals surface area contributed by atoms with E-state index in [0.29, 0.717) is 35.6 Å². The van der Waals surface area contributed by atoms with Crippen LogP contribution in [-0.4, -0.2) is 27.3 Å². The fourth-order valence-electron chi connectivity index (χ4n) is 5.35. The van der Waals surface area contributed by atoms with E-state index in [-0.39, 0.29) is 23.9 Å². The molecule has 2 N–H and O–H groups in total. The number of nitrogens with zero attached hydrogens (tertiary/aromatic N) is 3. The molecule has 0 saturated carbocycles. The van der Waals surface area contributed by atoms with Gasteiger partial charge in [0.1, 0.15) is 35.5 Å². The molecule has 41 heavy (non-hydrogen) atoms. The first-order valence-electron chi connectivity index (χ1n) is 13.8. The number of aliphatic hydroxyl groups is 1. The minimum atomic E-state index is -0.867. The second-order valence-corrected chi connectivity index (χ2v) is 10.5. The first-order chi connectivity index (χ1) is 19.8. The van der Waals surface area contributed by atoms with Crippen LogP contribution in [0.15, 0.2) is 85.5 Å². The third kappa shape index (κ3) is 6.57. The topological polar surface area (TPSA) is 78.8 Å². The van der Waals surface area contributed by atoms with Crippen LogP contribution in [0.1, 0.15) is 49.0 Å². The molecule has 0 bridgehead atoms. The first-order valence-corrected chi connectivity index (χ1v) is 13.8. The van der Waals surface area contributed by atoms with Gasteiger partial charge in [0.2, 0.25) is 12.2 Å². The first kappa shape index (κ1) is 28.3. The van der Waals surface area contributed by atoms with E-state index in [9.17, 15) is 23.8 Å². The Labute approximate surface area is 237 Å². The summed E-state index contributed by atoms with van der Waals surface area (Å²) in [4.78, 5) is 14.8. The summed E-state index contributed by atoms with van der Waals surface area (Å²) in [6, 6.07) is 15.8. The van der Waals surface area contributed by atoms with Crippen molar-refractivity contribution in [3.8, 4) is 11.5 Å². The summed E-state index contributed by atoms with van der Waals surface area (Å²) in [5.41, 5.74) is 1.63. The standard InChI is InChI=1S/C32H33F2N3O4/c1-35-17-18-36(21-35)16-2-3-19-41-26-12-13-27(30(39)20-26)31-28(14-15-29(38)22-4-6-23(33)7-5-22)32(40)37(31)25-10-8-24(34)9-11-25/h4-13,17-18,20-21,28-29,31,38H,2-3,14-16,19H2,1H3/p+1. The minimum absolute atomic E-state index is 0.00367. The number of ether oxygens (including phenoxy) is 1. The number of rotatable bonds is 12. The summed E-state index contributed by atoms with van der Waals surface area (Å²) in [6.45, 7) is 1.39. The molecule has 1 saturated heterocycles. The van der Waals surface area contributed by atoms with Gasteiger partial charge in [0, 0.05) is 17.3 Å². The van der Waals surface area contributed by atoms with Crippen LogP contribution in [0.3, 0.4) is 0 Å². The number of β-lactam (4-membered cyclic amide) rings is 1. The number of halogens is 2. The summed E-state index contributed by atoms with van der Waals surface area (Å²) in [5, 5.41) is 21.7. The SMILES string of the molecule is C[n+]1ccn(CCCCOc2ccc(C3C(CCC(O)c4ccc(F)cc4)C(=O)N3c3ccc(F)cc3)c(O)c2)c1. The van der Waals surface area contributed by atoms with Crippen LogP contribution < -0.4 is 14.2 Å². The van der Waals surface area contributed by atoms with Crippen molar-refractivity contribution in [2.75, 3.05) is 11.5 Å². The molecule has 1 amide bonds.